The zero-order valence-electron chi connectivity index (χ0n) is 18.0. The van der Waals surface area contributed by atoms with Crippen LogP contribution in [-0.2, 0) is 14.8 Å². The van der Waals surface area contributed by atoms with E-state index in [-0.39, 0.29) is 5.54 Å². The lowest BCUT2D eigenvalue weighted by atomic mass is 9.80. The summed E-state index contributed by atoms with van der Waals surface area (Å²) in [5.74, 6) is 0.740. The fourth-order valence-corrected chi connectivity index (χ4v) is 5.32. The summed E-state index contributed by atoms with van der Waals surface area (Å²) in [7, 11) is -3.27. The molecule has 1 aliphatic heterocycles. The van der Waals surface area contributed by atoms with Gasteiger partial charge in [-0.2, -0.15) is 0 Å². The molecular formula is C19H39N5O3S. The molecule has 2 fully saturated rings. The van der Waals surface area contributed by atoms with E-state index in [9.17, 15) is 8.42 Å². The van der Waals surface area contributed by atoms with Gasteiger partial charge in [0, 0.05) is 37.3 Å². The Bertz CT molecular complexity index is 609. The number of ether oxygens (including phenoxy) is 1. The Balaban J connectivity index is 2.04. The molecule has 0 spiro atoms. The second kappa shape index (κ2) is 10.2. The zero-order valence-corrected chi connectivity index (χ0v) is 18.8. The summed E-state index contributed by atoms with van der Waals surface area (Å²) in [5, 5.41) is 6.84. The molecule has 2 aliphatic rings. The zero-order chi connectivity index (χ0) is 20.7. The fraction of sp³-hybridized carbons (Fsp3) is 0.947. The molecule has 164 valence electrons. The summed E-state index contributed by atoms with van der Waals surface area (Å²) in [4.78, 5) is 7.25. The summed E-state index contributed by atoms with van der Waals surface area (Å²) in [6, 6.07) is 0. The van der Waals surface area contributed by atoms with Gasteiger partial charge in [-0.25, -0.2) is 13.1 Å². The number of rotatable bonds is 8. The van der Waals surface area contributed by atoms with Crippen molar-refractivity contribution in [2.75, 3.05) is 52.2 Å². The summed E-state index contributed by atoms with van der Waals surface area (Å²) in [5.41, 5.74) is -0.485. The van der Waals surface area contributed by atoms with Crippen molar-refractivity contribution < 1.29 is 13.2 Å². The second-order valence-electron chi connectivity index (χ2n) is 8.69. The lowest BCUT2D eigenvalue weighted by Gasteiger charge is -2.48. The molecule has 2 rings (SSSR count). The molecule has 0 aromatic carbocycles. The van der Waals surface area contributed by atoms with Crippen molar-refractivity contribution in [1.82, 2.24) is 20.3 Å². The topological polar surface area (TPSA) is 95.1 Å². The lowest BCUT2D eigenvalue weighted by molar-refractivity contribution is -0.0352. The summed E-state index contributed by atoms with van der Waals surface area (Å²) in [6.45, 7) is 11.3. The third-order valence-electron chi connectivity index (χ3n) is 5.49. The molecule has 28 heavy (non-hydrogen) atoms. The van der Waals surface area contributed by atoms with Crippen LogP contribution in [0.4, 0.5) is 0 Å². The van der Waals surface area contributed by atoms with Crippen LogP contribution in [0.1, 0.15) is 52.9 Å². The average molecular weight is 418 g/mol. The number of nitrogens with one attached hydrogen (secondary N) is 3. The first-order valence-electron chi connectivity index (χ1n) is 10.5. The molecule has 0 radical (unpaired) electrons. The molecular weight excluding hydrogens is 378 g/mol. The standard InChI is InChI=1S/C19H39N5O3S/c1-5-20-17(21-15-18(2,3)23-28(4,25)26)22-16-19(9-7-6-8-10-19)24-11-13-27-14-12-24/h23H,5-16H2,1-4H3,(H2,20,21,22). The van der Waals surface area contributed by atoms with Gasteiger partial charge in [0.1, 0.15) is 0 Å². The van der Waals surface area contributed by atoms with Gasteiger partial charge in [0.05, 0.1) is 26.0 Å². The van der Waals surface area contributed by atoms with Crippen LogP contribution in [-0.4, -0.2) is 82.5 Å². The van der Waals surface area contributed by atoms with Crippen molar-refractivity contribution in [1.29, 1.82) is 0 Å². The predicted molar refractivity (Wildman–Crippen MR) is 114 cm³/mol. The highest BCUT2D eigenvalue weighted by molar-refractivity contribution is 7.88. The highest BCUT2D eigenvalue weighted by Gasteiger charge is 2.38. The van der Waals surface area contributed by atoms with E-state index in [1.54, 1.807) is 0 Å². The Kier molecular flexibility index (Phi) is 8.54. The Morgan fingerprint density at radius 1 is 1.14 bits per heavy atom. The van der Waals surface area contributed by atoms with Crippen LogP contribution >= 0.6 is 0 Å². The van der Waals surface area contributed by atoms with Crippen LogP contribution in [0.15, 0.2) is 4.99 Å². The van der Waals surface area contributed by atoms with E-state index < -0.39 is 15.6 Å². The summed E-state index contributed by atoms with van der Waals surface area (Å²) >= 11 is 0. The minimum atomic E-state index is -3.27. The molecule has 0 aromatic heterocycles. The van der Waals surface area contributed by atoms with Crippen molar-refractivity contribution >= 4 is 16.0 Å². The van der Waals surface area contributed by atoms with Gasteiger partial charge in [-0.3, -0.25) is 9.89 Å². The van der Waals surface area contributed by atoms with E-state index >= 15 is 0 Å². The molecule has 0 atom stereocenters. The van der Waals surface area contributed by atoms with E-state index in [4.69, 9.17) is 4.74 Å². The summed E-state index contributed by atoms with van der Waals surface area (Å²) < 4.78 is 31.3. The lowest BCUT2D eigenvalue weighted by Crippen LogP contribution is -2.60. The maximum atomic E-state index is 11.6. The SMILES string of the molecule is CCNC(=NCC(C)(C)NS(C)(=O)=O)NCC1(N2CCOCC2)CCCCC1. The van der Waals surface area contributed by atoms with Gasteiger partial charge >= 0.3 is 0 Å². The van der Waals surface area contributed by atoms with Crippen LogP contribution in [0.2, 0.25) is 0 Å². The van der Waals surface area contributed by atoms with Gasteiger partial charge in [-0.05, 0) is 33.6 Å². The van der Waals surface area contributed by atoms with E-state index in [1.165, 1.54) is 38.4 Å². The van der Waals surface area contributed by atoms with E-state index in [1.807, 2.05) is 20.8 Å². The molecule has 3 N–H and O–H groups in total. The predicted octanol–water partition coefficient (Wildman–Crippen LogP) is 0.904. The number of aliphatic imine (C=N–C) groups is 1. The van der Waals surface area contributed by atoms with Crippen LogP contribution in [0, 0.1) is 0 Å². The van der Waals surface area contributed by atoms with Gasteiger partial charge < -0.3 is 15.4 Å². The highest BCUT2D eigenvalue weighted by atomic mass is 32.2. The smallest absolute Gasteiger partial charge is 0.209 e. The molecule has 0 amide bonds. The number of morpholine rings is 1. The number of nitrogens with zero attached hydrogens (tertiary/aromatic N) is 2. The van der Waals surface area contributed by atoms with Gasteiger partial charge in [0.15, 0.2) is 5.96 Å². The molecule has 8 nitrogen and oxygen atoms in total. The Morgan fingerprint density at radius 2 is 1.79 bits per heavy atom. The maximum absolute atomic E-state index is 11.6. The Labute approximate surface area is 170 Å². The second-order valence-corrected chi connectivity index (χ2v) is 10.4. The van der Waals surface area contributed by atoms with Gasteiger partial charge in [-0.1, -0.05) is 19.3 Å². The Hall–Kier alpha value is -0.900. The van der Waals surface area contributed by atoms with Crippen LogP contribution < -0.4 is 15.4 Å². The molecule has 1 saturated carbocycles. The van der Waals surface area contributed by atoms with Crippen LogP contribution in [0.25, 0.3) is 0 Å². The minimum Gasteiger partial charge on any atom is -0.379 e. The number of hydrogen-bond donors (Lipinski definition) is 3. The van der Waals surface area contributed by atoms with Gasteiger partial charge in [0.25, 0.3) is 0 Å². The first-order chi connectivity index (χ1) is 13.2. The normalized spacial score (nSPS) is 22.1. The van der Waals surface area contributed by atoms with Crippen molar-refractivity contribution in [3.63, 3.8) is 0 Å². The number of guanidine groups is 1. The number of sulfonamides is 1. The molecule has 9 heteroatoms. The monoisotopic (exact) mass is 417 g/mol. The largest absolute Gasteiger partial charge is 0.379 e. The molecule has 1 heterocycles. The third-order valence-corrected chi connectivity index (χ3v) is 6.41. The van der Waals surface area contributed by atoms with E-state index in [2.05, 4.69) is 25.2 Å². The van der Waals surface area contributed by atoms with Crippen LogP contribution in [0.5, 0.6) is 0 Å². The average Bonchev–Trinajstić information content (AvgIpc) is 2.64. The van der Waals surface area contributed by atoms with Crippen LogP contribution in [0.3, 0.4) is 0 Å². The van der Waals surface area contributed by atoms with Crippen molar-refractivity contribution in [2.45, 2.75) is 64.0 Å². The first kappa shape index (κ1) is 23.4. The minimum absolute atomic E-state index is 0.152. The fourth-order valence-electron chi connectivity index (χ4n) is 4.25. The quantitative estimate of drug-likeness (QED) is 0.401. The molecule has 0 aromatic rings. The molecule has 0 bridgehead atoms. The van der Waals surface area contributed by atoms with Crippen molar-refractivity contribution in [2.24, 2.45) is 4.99 Å². The highest BCUT2D eigenvalue weighted by Crippen LogP contribution is 2.33. The van der Waals surface area contributed by atoms with E-state index in [0.717, 1.165) is 45.4 Å². The Morgan fingerprint density at radius 3 is 2.36 bits per heavy atom. The molecule has 1 saturated heterocycles. The van der Waals surface area contributed by atoms with Gasteiger partial charge in [-0.15, -0.1) is 0 Å². The number of hydrogen-bond acceptors (Lipinski definition) is 5. The maximum Gasteiger partial charge on any atom is 0.209 e. The van der Waals surface area contributed by atoms with Crippen molar-refractivity contribution in [3.05, 3.63) is 0 Å². The summed E-state index contributed by atoms with van der Waals surface area (Å²) in [6.07, 6.45) is 7.40. The molecule has 0 unspecified atom stereocenters. The third kappa shape index (κ3) is 7.50. The van der Waals surface area contributed by atoms with Crippen molar-refractivity contribution in [3.8, 4) is 0 Å². The molecule has 1 aliphatic carbocycles. The first-order valence-corrected chi connectivity index (χ1v) is 12.4. The van der Waals surface area contributed by atoms with Gasteiger partial charge in [0.2, 0.25) is 10.0 Å². The van der Waals surface area contributed by atoms with E-state index in [0.29, 0.717) is 6.54 Å².